The van der Waals surface area contributed by atoms with Crippen molar-refractivity contribution in [2.75, 3.05) is 0 Å². The standard InChI is InChI=1S/C15H11F3N2O2/c16-15(17,18)14(21)9-13(20-22-14)11-6-4-10(5-7-11)12-3-1-2-8-19-12/h1-8,21H,9H2. The lowest BCUT2D eigenvalue weighted by atomic mass is 10.0. The normalized spacial score (nSPS) is 21.4. The summed E-state index contributed by atoms with van der Waals surface area (Å²) in [5.74, 6) is -3.25. The number of alkyl halides is 3. The van der Waals surface area contributed by atoms with Crippen molar-refractivity contribution in [3.05, 3.63) is 54.2 Å². The van der Waals surface area contributed by atoms with Gasteiger partial charge in [0.2, 0.25) is 0 Å². The highest BCUT2D eigenvalue weighted by Crippen LogP contribution is 2.39. The highest BCUT2D eigenvalue weighted by atomic mass is 19.4. The van der Waals surface area contributed by atoms with Gasteiger partial charge in [-0.3, -0.25) is 4.98 Å². The van der Waals surface area contributed by atoms with Crippen LogP contribution in [0.15, 0.2) is 53.8 Å². The van der Waals surface area contributed by atoms with E-state index in [4.69, 9.17) is 0 Å². The minimum atomic E-state index is -4.90. The van der Waals surface area contributed by atoms with E-state index in [1.54, 1.807) is 36.5 Å². The number of aromatic nitrogens is 1. The van der Waals surface area contributed by atoms with Gasteiger partial charge in [-0.25, -0.2) is 0 Å². The van der Waals surface area contributed by atoms with Crippen molar-refractivity contribution in [1.29, 1.82) is 0 Å². The van der Waals surface area contributed by atoms with E-state index in [0.29, 0.717) is 5.56 Å². The quantitative estimate of drug-likeness (QED) is 0.927. The minimum absolute atomic E-state index is 0.0485. The summed E-state index contributed by atoms with van der Waals surface area (Å²) in [5.41, 5.74) is 2.09. The van der Waals surface area contributed by atoms with Crippen LogP contribution in [0.25, 0.3) is 11.3 Å². The van der Waals surface area contributed by atoms with E-state index in [2.05, 4.69) is 15.0 Å². The number of oxime groups is 1. The van der Waals surface area contributed by atoms with Crippen molar-refractivity contribution in [2.45, 2.75) is 18.4 Å². The molecule has 0 saturated heterocycles. The van der Waals surface area contributed by atoms with E-state index in [0.717, 1.165) is 11.3 Å². The van der Waals surface area contributed by atoms with Crippen LogP contribution in [0.3, 0.4) is 0 Å². The summed E-state index contributed by atoms with van der Waals surface area (Å²) in [4.78, 5) is 8.38. The molecule has 1 unspecified atom stereocenters. The molecular weight excluding hydrogens is 297 g/mol. The van der Waals surface area contributed by atoms with Gasteiger partial charge in [0.15, 0.2) is 0 Å². The maximum atomic E-state index is 12.7. The van der Waals surface area contributed by atoms with Crippen LogP contribution in [0.5, 0.6) is 0 Å². The minimum Gasteiger partial charge on any atom is -0.350 e. The van der Waals surface area contributed by atoms with Crippen LogP contribution >= 0.6 is 0 Å². The van der Waals surface area contributed by atoms with Crippen molar-refractivity contribution in [3.8, 4) is 11.3 Å². The van der Waals surface area contributed by atoms with Gasteiger partial charge in [0, 0.05) is 11.8 Å². The third kappa shape index (κ3) is 2.55. The Labute approximate surface area is 123 Å². The first-order valence-corrected chi connectivity index (χ1v) is 6.45. The molecule has 4 nitrogen and oxygen atoms in total. The summed E-state index contributed by atoms with van der Waals surface area (Å²) in [7, 11) is 0. The SMILES string of the molecule is OC1(C(F)(F)F)CC(c2ccc(-c3ccccn3)cc2)=NO1. The molecule has 1 aromatic carbocycles. The highest BCUT2D eigenvalue weighted by molar-refractivity contribution is 6.01. The summed E-state index contributed by atoms with van der Waals surface area (Å²) in [5, 5.41) is 12.8. The van der Waals surface area contributed by atoms with Gasteiger partial charge in [-0.15, -0.1) is 0 Å². The van der Waals surface area contributed by atoms with Gasteiger partial charge in [-0.1, -0.05) is 35.5 Å². The lowest BCUT2D eigenvalue weighted by Crippen LogP contribution is -2.45. The molecule has 1 aromatic heterocycles. The Morgan fingerprint density at radius 3 is 2.27 bits per heavy atom. The second kappa shape index (κ2) is 5.10. The van der Waals surface area contributed by atoms with E-state index < -0.39 is 18.4 Å². The van der Waals surface area contributed by atoms with Crippen LogP contribution in [-0.2, 0) is 4.84 Å². The summed E-state index contributed by atoms with van der Waals surface area (Å²) in [6.07, 6.45) is -3.98. The third-order valence-corrected chi connectivity index (χ3v) is 3.34. The van der Waals surface area contributed by atoms with Crippen molar-refractivity contribution >= 4 is 5.71 Å². The molecule has 1 N–H and O–H groups in total. The number of hydrogen-bond donors (Lipinski definition) is 1. The molecular formula is C15H11F3N2O2. The molecule has 0 fully saturated rings. The first-order chi connectivity index (χ1) is 10.4. The zero-order valence-corrected chi connectivity index (χ0v) is 11.2. The molecule has 0 bridgehead atoms. The van der Waals surface area contributed by atoms with Crippen molar-refractivity contribution in [1.82, 2.24) is 4.98 Å². The Hall–Kier alpha value is -2.41. The van der Waals surface area contributed by atoms with Gasteiger partial charge in [0.05, 0.1) is 17.8 Å². The van der Waals surface area contributed by atoms with Gasteiger partial charge < -0.3 is 9.94 Å². The lowest BCUT2D eigenvalue weighted by Gasteiger charge is -2.22. The fourth-order valence-corrected chi connectivity index (χ4v) is 2.10. The van der Waals surface area contributed by atoms with Crippen molar-refractivity contribution in [3.63, 3.8) is 0 Å². The van der Waals surface area contributed by atoms with Gasteiger partial charge in [-0.05, 0) is 17.7 Å². The molecule has 3 rings (SSSR count). The summed E-state index contributed by atoms with van der Waals surface area (Å²) in [6.45, 7) is 0. The zero-order valence-electron chi connectivity index (χ0n) is 11.2. The number of pyridine rings is 1. The Bertz CT molecular complexity index is 699. The first kappa shape index (κ1) is 14.5. The highest BCUT2D eigenvalue weighted by Gasteiger charge is 2.60. The molecule has 1 aliphatic rings. The van der Waals surface area contributed by atoms with E-state index in [1.807, 2.05) is 12.1 Å². The second-order valence-corrected chi connectivity index (χ2v) is 4.88. The Morgan fingerprint density at radius 1 is 1.05 bits per heavy atom. The molecule has 2 aromatic rings. The Kier molecular flexibility index (Phi) is 3.37. The number of rotatable bonds is 2. The largest absolute Gasteiger partial charge is 0.458 e. The van der Waals surface area contributed by atoms with Gasteiger partial charge in [0.1, 0.15) is 0 Å². The fourth-order valence-electron chi connectivity index (χ4n) is 2.10. The Morgan fingerprint density at radius 2 is 1.73 bits per heavy atom. The maximum absolute atomic E-state index is 12.7. The molecule has 22 heavy (non-hydrogen) atoms. The number of nitrogens with zero attached hydrogens (tertiary/aromatic N) is 2. The Balaban J connectivity index is 1.81. The van der Waals surface area contributed by atoms with Crippen LogP contribution in [0, 0.1) is 0 Å². The fraction of sp³-hybridized carbons (Fsp3) is 0.200. The van der Waals surface area contributed by atoms with Crippen molar-refractivity contribution in [2.24, 2.45) is 5.16 Å². The zero-order chi connectivity index (χ0) is 15.8. The summed E-state index contributed by atoms with van der Waals surface area (Å²) >= 11 is 0. The van der Waals surface area contributed by atoms with Crippen LogP contribution in [0.4, 0.5) is 13.2 Å². The molecule has 1 aliphatic heterocycles. The molecule has 0 spiro atoms. The van der Waals surface area contributed by atoms with Crippen LogP contribution in [0.1, 0.15) is 12.0 Å². The predicted octanol–water partition coefficient (Wildman–Crippen LogP) is 3.12. The van der Waals surface area contributed by atoms with E-state index in [9.17, 15) is 18.3 Å². The van der Waals surface area contributed by atoms with Crippen LogP contribution < -0.4 is 0 Å². The number of aliphatic hydroxyl groups is 1. The average molecular weight is 308 g/mol. The van der Waals surface area contributed by atoms with Gasteiger partial charge in [-0.2, -0.15) is 13.2 Å². The monoisotopic (exact) mass is 308 g/mol. The second-order valence-electron chi connectivity index (χ2n) is 4.88. The smallest absolute Gasteiger partial charge is 0.350 e. The lowest BCUT2D eigenvalue weighted by molar-refractivity contribution is -0.355. The van der Waals surface area contributed by atoms with Gasteiger partial charge >= 0.3 is 12.0 Å². The summed E-state index contributed by atoms with van der Waals surface area (Å²) in [6, 6.07) is 12.2. The number of hydrogen-bond acceptors (Lipinski definition) is 4. The molecule has 2 heterocycles. The molecule has 114 valence electrons. The molecule has 1 atom stereocenters. The first-order valence-electron chi connectivity index (χ1n) is 6.45. The number of halogens is 3. The average Bonchev–Trinajstić information content (AvgIpc) is 2.92. The maximum Gasteiger partial charge on any atom is 0.458 e. The molecule has 0 saturated carbocycles. The van der Waals surface area contributed by atoms with E-state index in [-0.39, 0.29) is 5.71 Å². The molecule has 7 heteroatoms. The predicted molar refractivity (Wildman–Crippen MR) is 72.9 cm³/mol. The molecule has 0 aliphatic carbocycles. The van der Waals surface area contributed by atoms with Gasteiger partial charge in [0.25, 0.3) is 0 Å². The van der Waals surface area contributed by atoms with E-state index >= 15 is 0 Å². The van der Waals surface area contributed by atoms with Crippen molar-refractivity contribution < 1.29 is 23.1 Å². The molecule has 0 radical (unpaired) electrons. The van der Waals surface area contributed by atoms with E-state index in [1.165, 1.54) is 0 Å². The number of benzene rings is 1. The topological polar surface area (TPSA) is 54.7 Å². The third-order valence-electron chi connectivity index (χ3n) is 3.34. The van der Waals surface area contributed by atoms with Crippen LogP contribution in [-0.4, -0.2) is 27.8 Å². The van der Waals surface area contributed by atoms with Crippen LogP contribution in [0.2, 0.25) is 0 Å². The molecule has 0 amide bonds. The summed E-state index contributed by atoms with van der Waals surface area (Å²) < 4.78 is 38.0.